The number of hydrogen-bond acceptors (Lipinski definition) is 4. The number of amides is 2. The molecule has 0 aliphatic carbocycles. The van der Waals surface area contributed by atoms with E-state index in [4.69, 9.17) is 4.74 Å². The number of hydrogen-bond donors (Lipinski definition) is 1. The van der Waals surface area contributed by atoms with E-state index in [2.05, 4.69) is 0 Å². The first-order chi connectivity index (χ1) is 8.15. The average Bonchev–Trinajstić information content (AvgIpc) is 2.56. The number of ether oxygens (including phenoxy) is 1. The fourth-order valence-corrected chi connectivity index (χ4v) is 1.81. The van der Waals surface area contributed by atoms with E-state index in [9.17, 15) is 14.7 Å². The van der Waals surface area contributed by atoms with Crippen LogP contribution in [0.15, 0.2) is 24.3 Å². The van der Waals surface area contributed by atoms with Gasteiger partial charge in [0.05, 0.1) is 17.7 Å². The van der Waals surface area contributed by atoms with Crippen LogP contribution in [0.2, 0.25) is 0 Å². The van der Waals surface area contributed by atoms with E-state index in [-0.39, 0.29) is 18.4 Å². The number of nitrogens with zero attached hydrogens (tertiary/aromatic N) is 1. The molecule has 1 unspecified atom stereocenters. The highest BCUT2D eigenvalue weighted by Gasteiger charge is 2.36. The molecule has 0 aromatic heterocycles. The summed E-state index contributed by atoms with van der Waals surface area (Å²) < 4.78 is 4.91. The Morgan fingerprint density at radius 2 is 1.76 bits per heavy atom. The van der Waals surface area contributed by atoms with Gasteiger partial charge in [-0.05, 0) is 19.1 Å². The van der Waals surface area contributed by atoms with Gasteiger partial charge in [0.25, 0.3) is 11.8 Å². The summed E-state index contributed by atoms with van der Waals surface area (Å²) in [5.74, 6) is -0.770. The fraction of sp³-hybridized carbons (Fsp3) is 0.333. The fourth-order valence-electron chi connectivity index (χ4n) is 1.81. The molecule has 17 heavy (non-hydrogen) atoms. The maximum absolute atomic E-state index is 11.9. The van der Waals surface area contributed by atoms with Crippen LogP contribution >= 0.6 is 0 Å². The Labute approximate surface area is 98.6 Å². The van der Waals surface area contributed by atoms with Crippen molar-refractivity contribution in [1.82, 2.24) is 4.90 Å². The van der Waals surface area contributed by atoms with Gasteiger partial charge in [0.1, 0.15) is 0 Å². The second-order valence-electron chi connectivity index (χ2n) is 3.68. The number of carbonyl (C=O) groups excluding carboxylic acids is 2. The van der Waals surface area contributed by atoms with Crippen LogP contribution in [0.1, 0.15) is 27.6 Å². The number of benzene rings is 1. The van der Waals surface area contributed by atoms with Crippen molar-refractivity contribution in [3.05, 3.63) is 35.4 Å². The summed E-state index contributed by atoms with van der Waals surface area (Å²) >= 11 is 0. The molecule has 2 rings (SSSR count). The Kier molecular flexibility index (Phi) is 3.21. The van der Waals surface area contributed by atoms with Gasteiger partial charge in [-0.3, -0.25) is 14.5 Å². The summed E-state index contributed by atoms with van der Waals surface area (Å²) in [7, 11) is 0. The zero-order chi connectivity index (χ0) is 12.4. The van der Waals surface area contributed by atoms with Gasteiger partial charge in [0.15, 0.2) is 6.29 Å². The van der Waals surface area contributed by atoms with Crippen LogP contribution in [0.4, 0.5) is 0 Å². The summed E-state index contributed by atoms with van der Waals surface area (Å²) in [6, 6.07) is 6.60. The zero-order valence-corrected chi connectivity index (χ0v) is 9.42. The minimum Gasteiger partial charge on any atom is -0.366 e. The smallest absolute Gasteiger partial charge is 0.261 e. The second-order valence-corrected chi connectivity index (χ2v) is 3.68. The first-order valence-corrected chi connectivity index (χ1v) is 5.40. The third-order valence-electron chi connectivity index (χ3n) is 2.58. The predicted octanol–water partition coefficient (Wildman–Crippen LogP) is 0.637. The lowest BCUT2D eigenvalue weighted by Crippen LogP contribution is -2.37. The number of imide groups is 1. The quantitative estimate of drug-likeness (QED) is 0.614. The van der Waals surface area contributed by atoms with Gasteiger partial charge < -0.3 is 9.84 Å². The van der Waals surface area contributed by atoms with Crippen molar-refractivity contribution < 1.29 is 19.4 Å². The Morgan fingerprint density at radius 1 is 1.24 bits per heavy atom. The Bertz CT molecular complexity index is 423. The minimum absolute atomic E-state index is 0.139. The Morgan fingerprint density at radius 3 is 2.24 bits per heavy atom. The van der Waals surface area contributed by atoms with E-state index < -0.39 is 6.29 Å². The molecule has 5 nitrogen and oxygen atoms in total. The molecule has 0 bridgehead atoms. The summed E-state index contributed by atoms with van der Waals surface area (Å²) in [5.41, 5.74) is 0.752. The van der Waals surface area contributed by atoms with Crippen molar-refractivity contribution in [2.24, 2.45) is 0 Å². The molecule has 0 saturated carbocycles. The molecule has 0 spiro atoms. The van der Waals surface area contributed by atoms with Crippen molar-refractivity contribution in [2.45, 2.75) is 13.2 Å². The molecule has 0 fully saturated rings. The van der Waals surface area contributed by atoms with Crippen LogP contribution in [0.3, 0.4) is 0 Å². The van der Waals surface area contributed by atoms with E-state index in [1.807, 2.05) is 0 Å². The standard InChI is InChI=1S/C12H13NO4/c1-2-17-10(14)7-13-11(15)8-5-3-4-6-9(8)12(13)16/h3-6,10,14H,2,7H2,1H3. The highest BCUT2D eigenvalue weighted by Crippen LogP contribution is 2.22. The van der Waals surface area contributed by atoms with E-state index in [0.29, 0.717) is 17.7 Å². The van der Waals surface area contributed by atoms with Crippen LogP contribution < -0.4 is 0 Å². The topological polar surface area (TPSA) is 66.8 Å². The number of carbonyl (C=O) groups is 2. The van der Waals surface area contributed by atoms with Gasteiger partial charge in [-0.2, -0.15) is 0 Å². The number of aliphatic hydroxyl groups is 1. The lowest BCUT2D eigenvalue weighted by atomic mass is 10.1. The molecule has 1 aliphatic heterocycles. The second kappa shape index (κ2) is 4.65. The van der Waals surface area contributed by atoms with E-state index in [1.165, 1.54) is 0 Å². The van der Waals surface area contributed by atoms with Crippen LogP contribution in [-0.4, -0.2) is 41.3 Å². The molecule has 2 amide bonds. The van der Waals surface area contributed by atoms with Gasteiger partial charge >= 0.3 is 0 Å². The Hall–Kier alpha value is -1.72. The average molecular weight is 235 g/mol. The number of aliphatic hydroxyl groups excluding tert-OH is 1. The van der Waals surface area contributed by atoms with Crippen LogP contribution in [0.25, 0.3) is 0 Å². The predicted molar refractivity (Wildman–Crippen MR) is 59.4 cm³/mol. The van der Waals surface area contributed by atoms with Crippen molar-refractivity contribution in [3.63, 3.8) is 0 Å². The monoisotopic (exact) mass is 235 g/mol. The van der Waals surface area contributed by atoms with Crippen LogP contribution in [0, 0.1) is 0 Å². The first-order valence-electron chi connectivity index (χ1n) is 5.40. The molecular formula is C12H13NO4. The number of rotatable bonds is 4. The molecule has 1 aromatic rings. The van der Waals surface area contributed by atoms with Gasteiger partial charge in [-0.1, -0.05) is 12.1 Å². The molecule has 1 aliphatic rings. The molecule has 1 heterocycles. The Balaban J connectivity index is 2.19. The molecule has 0 saturated heterocycles. The highest BCUT2D eigenvalue weighted by molar-refractivity contribution is 6.21. The molecule has 0 radical (unpaired) electrons. The van der Waals surface area contributed by atoms with E-state index >= 15 is 0 Å². The maximum atomic E-state index is 11.9. The molecule has 1 atom stereocenters. The molecule has 1 aromatic carbocycles. The van der Waals surface area contributed by atoms with Crippen molar-refractivity contribution >= 4 is 11.8 Å². The highest BCUT2D eigenvalue weighted by atomic mass is 16.6. The summed E-state index contributed by atoms with van der Waals surface area (Å²) in [6.45, 7) is 1.91. The normalized spacial score (nSPS) is 16.2. The first kappa shape index (κ1) is 11.8. The molecule has 5 heteroatoms. The van der Waals surface area contributed by atoms with Crippen LogP contribution in [-0.2, 0) is 4.74 Å². The van der Waals surface area contributed by atoms with E-state index in [1.54, 1.807) is 31.2 Å². The van der Waals surface area contributed by atoms with Gasteiger partial charge in [0, 0.05) is 6.61 Å². The maximum Gasteiger partial charge on any atom is 0.261 e. The number of fused-ring (bicyclic) bond motifs is 1. The summed E-state index contributed by atoms with van der Waals surface area (Å²) in [6.07, 6.45) is -1.14. The summed E-state index contributed by atoms with van der Waals surface area (Å²) in [4.78, 5) is 24.8. The van der Waals surface area contributed by atoms with Crippen molar-refractivity contribution in [3.8, 4) is 0 Å². The lowest BCUT2D eigenvalue weighted by Gasteiger charge is -2.17. The molecule has 90 valence electrons. The van der Waals surface area contributed by atoms with Crippen LogP contribution in [0.5, 0.6) is 0 Å². The number of β-amino-alcohol motifs (C(OH)–C–C–N with tert-alkyl or cyclic N) is 1. The third kappa shape index (κ3) is 2.07. The minimum atomic E-state index is -1.14. The van der Waals surface area contributed by atoms with Gasteiger partial charge in [-0.25, -0.2) is 0 Å². The van der Waals surface area contributed by atoms with Crippen molar-refractivity contribution in [1.29, 1.82) is 0 Å². The molecular weight excluding hydrogens is 222 g/mol. The third-order valence-corrected chi connectivity index (χ3v) is 2.58. The van der Waals surface area contributed by atoms with Crippen molar-refractivity contribution in [2.75, 3.05) is 13.2 Å². The lowest BCUT2D eigenvalue weighted by molar-refractivity contribution is -0.101. The summed E-state index contributed by atoms with van der Waals surface area (Å²) in [5, 5.41) is 9.46. The SMILES string of the molecule is CCOC(O)CN1C(=O)c2ccccc2C1=O. The van der Waals surface area contributed by atoms with E-state index in [0.717, 1.165) is 4.90 Å². The van der Waals surface area contributed by atoms with Gasteiger partial charge in [-0.15, -0.1) is 0 Å². The largest absolute Gasteiger partial charge is 0.366 e. The van der Waals surface area contributed by atoms with Gasteiger partial charge in [0.2, 0.25) is 0 Å². The molecule has 1 N–H and O–H groups in total. The zero-order valence-electron chi connectivity index (χ0n) is 9.42.